The van der Waals surface area contributed by atoms with Gasteiger partial charge in [0.15, 0.2) is 0 Å². The minimum atomic E-state index is 0.680. The lowest BCUT2D eigenvalue weighted by molar-refractivity contribution is 0.294. The third-order valence-electron chi connectivity index (χ3n) is 2.83. The Morgan fingerprint density at radius 1 is 1.06 bits per heavy atom. The van der Waals surface area contributed by atoms with Gasteiger partial charge in [-0.05, 0) is 54.0 Å². The van der Waals surface area contributed by atoms with Gasteiger partial charge in [0, 0.05) is 11.4 Å². The van der Waals surface area contributed by atoms with Crippen LogP contribution in [0.4, 0.5) is 0 Å². The van der Waals surface area contributed by atoms with Crippen molar-refractivity contribution in [3.63, 3.8) is 0 Å². The molecule has 3 heteroatoms. The van der Waals surface area contributed by atoms with Crippen LogP contribution in [0.25, 0.3) is 0 Å². The molecule has 17 heavy (non-hydrogen) atoms. The van der Waals surface area contributed by atoms with E-state index in [9.17, 15) is 0 Å². The van der Waals surface area contributed by atoms with Crippen LogP contribution < -0.4 is 4.74 Å². The number of para-hydroxylation sites is 1. The second-order valence-electron chi connectivity index (χ2n) is 4.05. The van der Waals surface area contributed by atoms with Crippen LogP contribution in [-0.4, -0.2) is 11.2 Å². The molecule has 0 fully saturated rings. The highest BCUT2D eigenvalue weighted by atomic mass is 79.9. The molecule has 0 unspecified atom stereocenters. The molecule has 0 aliphatic carbocycles. The largest absolute Gasteiger partial charge is 0.491 e. The minimum absolute atomic E-state index is 0.680. The van der Waals surface area contributed by atoms with Crippen LogP contribution in [-0.2, 0) is 6.54 Å². The molecule has 1 heterocycles. The van der Waals surface area contributed by atoms with Crippen LogP contribution in [0.2, 0.25) is 0 Å². The zero-order valence-corrected chi connectivity index (χ0v) is 11.7. The molecule has 0 saturated carbocycles. The molecule has 2 rings (SSSR count). The number of nitrogens with zero attached hydrogens (tertiary/aromatic N) is 1. The lowest BCUT2D eigenvalue weighted by Gasteiger charge is -2.11. The van der Waals surface area contributed by atoms with Gasteiger partial charge in [-0.25, -0.2) is 0 Å². The quantitative estimate of drug-likeness (QED) is 0.833. The van der Waals surface area contributed by atoms with Crippen LogP contribution in [0.15, 0.2) is 40.9 Å². The SMILES string of the molecule is Cc1ccc(C)n1CCOc1ccccc1Br. The molecule has 0 radical (unpaired) electrons. The van der Waals surface area contributed by atoms with Crippen LogP contribution in [0.1, 0.15) is 11.4 Å². The van der Waals surface area contributed by atoms with Crippen molar-refractivity contribution in [1.29, 1.82) is 0 Å². The summed E-state index contributed by atoms with van der Waals surface area (Å²) < 4.78 is 9.01. The molecular formula is C14H16BrNO. The van der Waals surface area contributed by atoms with Gasteiger partial charge in [0.05, 0.1) is 11.0 Å². The first-order chi connectivity index (χ1) is 8.18. The summed E-state index contributed by atoms with van der Waals surface area (Å²) in [7, 11) is 0. The molecule has 0 aliphatic heterocycles. The number of rotatable bonds is 4. The van der Waals surface area contributed by atoms with E-state index in [2.05, 4.69) is 46.5 Å². The monoisotopic (exact) mass is 293 g/mol. The van der Waals surface area contributed by atoms with Crippen LogP contribution >= 0.6 is 15.9 Å². The Morgan fingerprint density at radius 3 is 2.35 bits per heavy atom. The predicted molar refractivity (Wildman–Crippen MR) is 73.5 cm³/mol. The van der Waals surface area contributed by atoms with Gasteiger partial charge in [-0.15, -0.1) is 0 Å². The zero-order valence-electron chi connectivity index (χ0n) is 10.1. The summed E-state index contributed by atoms with van der Waals surface area (Å²) in [6, 6.07) is 12.2. The fourth-order valence-electron chi connectivity index (χ4n) is 1.86. The van der Waals surface area contributed by atoms with Gasteiger partial charge >= 0.3 is 0 Å². The van der Waals surface area contributed by atoms with E-state index < -0.39 is 0 Å². The third kappa shape index (κ3) is 2.91. The highest BCUT2D eigenvalue weighted by Gasteiger charge is 2.02. The number of benzene rings is 1. The van der Waals surface area contributed by atoms with E-state index in [0.29, 0.717) is 6.61 Å². The van der Waals surface area contributed by atoms with Gasteiger partial charge in [-0.3, -0.25) is 0 Å². The molecule has 0 saturated heterocycles. The number of ether oxygens (including phenoxy) is 1. The van der Waals surface area contributed by atoms with Crippen molar-refractivity contribution in [2.24, 2.45) is 0 Å². The minimum Gasteiger partial charge on any atom is -0.491 e. The molecule has 2 aromatic rings. The van der Waals surface area contributed by atoms with E-state index in [1.165, 1.54) is 11.4 Å². The molecule has 0 atom stereocenters. The summed E-state index contributed by atoms with van der Waals surface area (Å²) in [5.41, 5.74) is 2.55. The fraction of sp³-hybridized carbons (Fsp3) is 0.286. The Hall–Kier alpha value is -1.22. The molecule has 0 spiro atoms. The average molecular weight is 294 g/mol. The first-order valence-corrected chi connectivity index (χ1v) is 6.48. The van der Waals surface area contributed by atoms with E-state index in [-0.39, 0.29) is 0 Å². The van der Waals surface area contributed by atoms with E-state index in [0.717, 1.165) is 16.8 Å². The summed E-state index contributed by atoms with van der Waals surface area (Å²) in [6.45, 7) is 5.79. The lowest BCUT2D eigenvalue weighted by atomic mass is 10.3. The Kier molecular flexibility index (Phi) is 3.89. The van der Waals surface area contributed by atoms with E-state index in [1.54, 1.807) is 0 Å². The molecule has 0 N–H and O–H groups in total. The topological polar surface area (TPSA) is 14.2 Å². The Balaban J connectivity index is 1.95. The molecule has 0 aliphatic rings. The standard InChI is InChI=1S/C14H16BrNO/c1-11-7-8-12(2)16(11)9-10-17-14-6-4-3-5-13(14)15/h3-8H,9-10H2,1-2H3. The second kappa shape index (κ2) is 5.41. The molecule has 90 valence electrons. The van der Waals surface area contributed by atoms with Gasteiger partial charge in [-0.1, -0.05) is 12.1 Å². The lowest BCUT2D eigenvalue weighted by Crippen LogP contribution is -2.10. The maximum absolute atomic E-state index is 5.75. The summed E-state index contributed by atoms with van der Waals surface area (Å²) in [5, 5.41) is 0. The first kappa shape index (κ1) is 12.2. The smallest absolute Gasteiger partial charge is 0.133 e. The molecular weight excluding hydrogens is 278 g/mol. The first-order valence-electron chi connectivity index (χ1n) is 5.68. The van der Waals surface area contributed by atoms with Gasteiger partial charge in [0.2, 0.25) is 0 Å². The highest BCUT2D eigenvalue weighted by Crippen LogP contribution is 2.23. The summed E-state index contributed by atoms with van der Waals surface area (Å²) in [6.07, 6.45) is 0. The van der Waals surface area contributed by atoms with Crippen molar-refractivity contribution in [2.45, 2.75) is 20.4 Å². The van der Waals surface area contributed by atoms with Crippen LogP contribution in [0.5, 0.6) is 5.75 Å². The second-order valence-corrected chi connectivity index (χ2v) is 4.90. The van der Waals surface area contributed by atoms with Crippen molar-refractivity contribution in [3.8, 4) is 5.75 Å². The number of aromatic nitrogens is 1. The van der Waals surface area contributed by atoms with Crippen molar-refractivity contribution >= 4 is 15.9 Å². The average Bonchev–Trinajstić information content (AvgIpc) is 2.63. The number of halogens is 1. The van der Waals surface area contributed by atoms with E-state index in [4.69, 9.17) is 4.74 Å². The van der Waals surface area contributed by atoms with Crippen LogP contribution in [0.3, 0.4) is 0 Å². The van der Waals surface area contributed by atoms with Crippen molar-refractivity contribution in [1.82, 2.24) is 4.57 Å². The maximum atomic E-state index is 5.75. The normalized spacial score (nSPS) is 10.5. The van der Waals surface area contributed by atoms with Crippen molar-refractivity contribution < 1.29 is 4.74 Å². The van der Waals surface area contributed by atoms with E-state index >= 15 is 0 Å². The van der Waals surface area contributed by atoms with Crippen LogP contribution in [0, 0.1) is 13.8 Å². The van der Waals surface area contributed by atoms with Gasteiger partial charge in [0.25, 0.3) is 0 Å². The molecule has 0 bridgehead atoms. The van der Waals surface area contributed by atoms with Gasteiger partial charge in [-0.2, -0.15) is 0 Å². The predicted octanol–water partition coefficient (Wildman–Crippen LogP) is 3.95. The Labute approximate surface area is 110 Å². The number of hydrogen-bond donors (Lipinski definition) is 0. The van der Waals surface area contributed by atoms with Gasteiger partial charge in [0.1, 0.15) is 12.4 Å². The summed E-state index contributed by atoms with van der Waals surface area (Å²) in [5.74, 6) is 0.898. The van der Waals surface area contributed by atoms with Gasteiger partial charge < -0.3 is 9.30 Å². The zero-order chi connectivity index (χ0) is 12.3. The number of aryl methyl sites for hydroxylation is 2. The summed E-state index contributed by atoms with van der Waals surface area (Å²) in [4.78, 5) is 0. The Morgan fingerprint density at radius 2 is 1.71 bits per heavy atom. The maximum Gasteiger partial charge on any atom is 0.133 e. The molecule has 2 nitrogen and oxygen atoms in total. The number of hydrogen-bond acceptors (Lipinski definition) is 1. The molecule has 1 aromatic carbocycles. The van der Waals surface area contributed by atoms with E-state index in [1.807, 2.05) is 24.3 Å². The highest BCUT2D eigenvalue weighted by molar-refractivity contribution is 9.10. The molecule has 1 aromatic heterocycles. The Bertz CT molecular complexity index is 485. The fourth-order valence-corrected chi connectivity index (χ4v) is 2.26. The van der Waals surface area contributed by atoms with Crippen molar-refractivity contribution in [3.05, 3.63) is 52.3 Å². The molecule has 0 amide bonds. The van der Waals surface area contributed by atoms with Crippen molar-refractivity contribution in [2.75, 3.05) is 6.61 Å². The summed E-state index contributed by atoms with van der Waals surface area (Å²) >= 11 is 3.47. The third-order valence-corrected chi connectivity index (χ3v) is 3.48.